The van der Waals surface area contributed by atoms with E-state index in [1.54, 1.807) is 6.07 Å². The van der Waals surface area contributed by atoms with Crippen molar-refractivity contribution < 1.29 is 9.90 Å². The highest BCUT2D eigenvalue weighted by atomic mass is 16.4. The van der Waals surface area contributed by atoms with Crippen molar-refractivity contribution in [2.24, 2.45) is 0 Å². The minimum absolute atomic E-state index is 0.412. The molecule has 118 valence electrons. The minimum atomic E-state index is -1.03. The number of carbonyl (C=O) groups excluding carboxylic acids is 1. The molecule has 2 heteroatoms. The second-order valence-electron chi connectivity index (χ2n) is 5.83. The lowest BCUT2D eigenvalue weighted by Gasteiger charge is -2.19. The summed E-state index contributed by atoms with van der Waals surface area (Å²) < 4.78 is 0. The van der Waals surface area contributed by atoms with Gasteiger partial charge in [0.15, 0.2) is 0 Å². The number of rotatable bonds is 10. The van der Waals surface area contributed by atoms with E-state index in [4.69, 9.17) is 0 Å². The third kappa shape index (κ3) is 5.18. The van der Waals surface area contributed by atoms with Crippen LogP contribution >= 0.6 is 0 Å². The zero-order valence-electron chi connectivity index (χ0n) is 13.8. The number of aromatic carboxylic acids is 1. The molecular weight excluding hydrogens is 260 g/mol. The molecule has 0 aromatic heterocycles. The summed E-state index contributed by atoms with van der Waals surface area (Å²) in [7, 11) is 0. The fourth-order valence-corrected chi connectivity index (χ4v) is 2.84. The average Bonchev–Trinajstić information content (AvgIpc) is 2.48. The molecule has 0 radical (unpaired) electrons. The zero-order valence-corrected chi connectivity index (χ0v) is 13.8. The summed E-state index contributed by atoms with van der Waals surface area (Å²) in [5, 5.41) is 11.4. The van der Waals surface area contributed by atoms with E-state index in [0.717, 1.165) is 56.9 Å². The maximum absolute atomic E-state index is 11.4. The lowest BCUT2D eigenvalue weighted by molar-refractivity contribution is -0.255. The number of carboxylic acid groups (broad SMARTS) is 1. The smallest absolute Gasteiger partial charge is 0.0718 e. The third-order valence-electron chi connectivity index (χ3n) is 4.11. The molecule has 2 nitrogen and oxygen atoms in total. The Hall–Kier alpha value is -1.31. The van der Waals surface area contributed by atoms with Gasteiger partial charge in [0, 0.05) is 5.56 Å². The summed E-state index contributed by atoms with van der Waals surface area (Å²) in [6, 6.07) is 3.78. The molecule has 0 fully saturated rings. The Morgan fingerprint density at radius 3 is 1.90 bits per heavy atom. The number of carbonyl (C=O) groups is 1. The summed E-state index contributed by atoms with van der Waals surface area (Å²) in [6.07, 6.45) is 9.62. The van der Waals surface area contributed by atoms with E-state index in [9.17, 15) is 9.90 Å². The number of carboxylic acids is 1. The summed E-state index contributed by atoms with van der Waals surface area (Å²) >= 11 is 0. The first kappa shape index (κ1) is 17.7. The van der Waals surface area contributed by atoms with Crippen LogP contribution in [0.25, 0.3) is 0 Å². The highest BCUT2D eigenvalue weighted by molar-refractivity contribution is 5.88. The Morgan fingerprint density at radius 1 is 0.857 bits per heavy atom. The quantitative estimate of drug-likeness (QED) is 0.651. The van der Waals surface area contributed by atoms with Gasteiger partial charge in [-0.15, -0.1) is 0 Å². The number of aryl methyl sites for hydroxylation is 1. The van der Waals surface area contributed by atoms with Gasteiger partial charge >= 0.3 is 0 Å². The molecule has 1 aromatic carbocycles. The van der Waals surface area contributed by atoms with Crippen molar-refractivity contribution in [2.75, 3.05) is 0 Å². The number of benzene rings is 1. The standard InChI is InChI=1S/C19H30O2/c1-4-7-10-15-13-14-18(19(20)21)17(12-9-6-3)16(15)11-8-5-2/h13-14H,4-12H2,1-3H3,(H,20,21)/p-1. The Kier molecular flexibility index (Phi) is 8.11. The van der Waals surface area contributed by atoms with E-state index in [1.165, 1.54) is 17.5 Å². The van der Waals surface area contributed by atoms with Crippen molar-refractivity contribution in [3.05, 3.63) is 34.4 Å². The molecule has 0 spiro atoms. The Labute approximate surface area is 129 Å². The lowest BCUT2D eigenvalue weighted by Crippen LogP contribution is -2.25. The molecule has 0 heterocycles. The molecule has 0 bridgehead atoms. The van der Waals surface area contributed by atoms with Gasteiger partial charge in [-0.3, -0.25) is 0 Å². The van der Waals surface area contributed by atoms with Gasteiger partial charge in [-0.05, 0) is 55.2 Å². The van der Waals surface area contributed by atoms with Crippen LogP contribution in [0.4, 0.5) is 0 Å². The number of hydrogen-bond donors (Lipinski definition) is 0. The van der Waals surface area contributed by atoms with E-state index in [-0.39, 0.29) is 0 Å². The van der Waals surface area contributed by atoms with Gasteiger partial charge in [0.2, 0.25) is 0 Å². The third-order valence-corrected chi connectivity index (χ3v) is 4.11. The zero-order chi connectivity index (χ0) is 15.7. The molecule has 0 saturated heterocycles. The van der Waals surface area contributed by atoms with Crippen molar-refractivity contribution in [1.82, 2.24) is 0 Å². The molecule has 0 aliphatic rings. The van der Waals surface area contributed by atoms with Gasteiger partial charge in [-0.2, -0.15) is 0 Å². The summed E-state index contributed by atoms with van der Waals surface area (Å²) in [5.74, 6) is -1.03. The molecule has 0 aliphatic carbocycles. The van der Waals surface area contributed by atoms with Crippen LogP contribution in [0.5, 0.6) is 0 Å². The molecule has 1 rings (SSSR count). The lowest BCUT2D eigenvalue weighted by atomic mass is 9.87. The Balaban J connectivity index is 3.22. The van der Waals surface area contributed by atoms with E-state index in [1.807, 2.05) is 6.07 Å². The van der Waals surface area contributed by atoms with Crippen molar-refractivity contribution in [3.63, 3.8) is 0 Å². The number of unbranched alkanes of at least 4 members (excludes halogenated alkanes) is 3. The predicted molar refractivity (Wildman–Crippen MR) is 86.6 cm³/mol. The van der Waals surface area contributed by atoms with Crippen molar-refractivity contribution >= 4 is 5.97 Å². The molecule has 0 saturated carbocycles. The molecular formula is C19H29O2-. The fourth-order valence-electron chi connectivity index (χ4n) is 2.84. The fraction of sp³-hybridized carbons (Fsp3) is 0.632. The molecule has 0 unspecified atom stereocenters. The molecule has 0 aliphatic heterocycles. The first-order chi connectivity index (χ1) is 10.2. The second-order valence-corrected chi connectivity index (χ2v) is 5.83. The number of hydrogen-bond acceptors (Lipinski definition) is 2. The van der Waals surface area contributed by atoms with Crippen LogP contribution in [0.15, 0.2) is 12.1 Å². The monoisotopic (exact) mass is 289 g/mol. The second kappa shape index (κ2) is 9.59. The summed E-state index contributed by atoms with van der Waals surface area (Å²) in [5.41, 5.74) is 4.09. The largest absolute Gasteiger partial charge is 0.545 e. The van der Waals surface area contributed by atoms with Gasteiger partial charge in [-0.25, -0.2) is 0 Å². The van der Waals surface area contributed by atoms with Gasteiger partial charge in [0.25, 0.3) is 0 Å². The Bertz CT molecular complexity index is 449. The predicted octanol–water partition coefficient (Wildman–Crippen LogP) is 4.08. The van der Waals surface area contributed by atoms with Gasteiger partial charge in [-0.1, -0.05) is 52.2 Å². The van der Waals surface area contributed by atoms with Gasteiger partial charge in [0.05, 0.1) is 5.97 Å². The van der Waals surface area contributed by atoms with Crippen LogP contribution in [0.2, 0.25) is 0 Å². The van der Waals surface area contributed by atoms with Gasteiger partial charge in [0.1, 0.15) is 0 Å². The summed E-state index contributed by atoms with van der Waals surface area (Å²) in [6.45, 7) is 6.52. The van der Waals surface area contributed by atoms with Crippen molar-refractivity contribution in [3.8, 4) is 0 Å². The molecule has 1 aromatic rings. The van der Waals surface area contributed by atoms with Crippen LogP contribution in [-0.2, 0) is 19.3 Å². The molecule has 0 amide bonds. The van der Waals surface area contributed by atoms with E-state index in [2.05, 4.69) is 20.8 Å². The van der Waals surface area contributed by atoms with E-state index >= 15 is 0 Å². The molecule has 0 atom stereocenters. The van der Waals surface area contributed by atoms with E-state index in [0.29, 0.717) is 5.56 Å². The minimum Gasteiger partial charge on any atom is -0.545 e. The average molecular weight is 289 g/mol. The van der Waals surface area contributed by atoms with Crippen LogP contribution in [-0.4, -0.2) is 5.97 Å². The first-order valence-corrected chi connectivity index (χ1v) is 8.50. The topological polar surface area (TPSA) is 40.1 Å². The van der Waals surface area contributed by atoms with Crippen LogP contribution in [0, 0.1) is 0 Å². The van der Waals surface area contributed by atoms with E-state index < -0.39 is 5.97 Å². The highest BCUT2D eigenvalue weighted by Crippen LogP contribution is 2.25. The molecule has 21 heavy (non-hydrogen) atoms. The van der Waals surface area contributed by atoms with Crippen LogP contribution in [0.3, 0.4) is 0 Å². The maximum atomic E-state index is 11.4. The normalized spacial score (nSPS) is 10.8. The molecule has 0 N–H and O–H groups in total. The van der Waals surface area contributed by atoms with Crippen molar-refractivity contribution in [2.45, 2.75) is 78.6 Å². The Morgan fingerprint density at radius 2 is 1.38 bits per heavy atom. The maximum Gasteiger partial charge on any atom is 0.0718 e. The first-order valence-electron chi connectivity index (χ1n) is 8.50. The SMILES string of the molecule is CCCCc1ccc(C(=O)[O-])c(CCCC)c1CCCC. The summed E-state index contributed by atoms with van der Waals surface area (Å²) in [4.78, 5) is 11.4. The van der Waals surface area contributed by atoms with Gasteiger partial charge < -0.3 is 9.90 Å². The highest BCUT2D eigenvalue weighted by Gasteiger charge is 2.13. The van der Waals surface area contributed by atoms with Crippen molar-refractivity contribution in [1.29, 1.82) is 0 Å². The van der Waals surface area contributed by atoms with Crippen LogP contribution in [0.1, 0.15) is 86.3 Å². The van der Waals surface area contributed by atoms with Crippen LogP contribution < -0.4 is 5.11 Å².